The van der Waals surface area contributed by atoms with Crippen molar-refractivity contribution in [2.75, 3.05) is 5.32 Å². The number of nitrogens with one attached hydrogen (secondary N) is 1. The highest BCUT2D eigenvalue weighted by molar-refractivity contribution is 7.10. The van der Waals surface area contributed by atoms with Crippen molar-refractivity contribution in [2.24, 2.45) is 10.9 Å². The van der Waals surface area contributed by atoms with Crippen LogP contribution in [-0.2, 0) is 9.59 Å². The highest BCUT2D eigenvalue weighted by Gasteiger charge is 2.42. The molecule has 2 unspecified atom stereocenters. The number of Topliss-reactive ketones (excluding diaryl/α,β-unsaturated/α-hetero) is 1. The third kappa shape index (κ3) is 3.30. The average molecular weight is 400 g/mol. The minimum Gasteiger partial charge on any atom is -0.323 e. The second kappa shape index (κ2) is 7.39. The van der Waals surface area contributed by atoms with E-state index in [1.165, 1.54) is 17.4 Å². The molecule has 1 aliphatic heterocycles. The van der Waals surface area contributed by atoms with E-state index in [4.69, 9.17) is 0 Å². The molecule has 0 saturated heterocycles. The van der Waals surface area contributed by atoms with Gasteiger partial charge in [0.1, 0.15) is 11.6 Å². The van der Waals surface area contributed by atoms with Crippen LogP contribution in [0.2, 0.25) is 0 Å². The van der Waals surface area contributed by atoms with Crippen LogP contribution in [0.15, 0.2) is 52.0 Å². The maximum Gasteiger partial charge on any atom is 0.234 e. The molecule has 1 aromatic heterocycles. The van der Waals surface area contributed by atoms with Crippen LogP contribution in [-0.4, -0.2) is 17.4 Å². The van der Waals surface area contributed by atoms with E-state index in [1.807, 2.05) is 17.5 Å². The Hall–Kier alpha value is -2.67. The van der Waals surface area contributed by atoms with Crippen molar-refractivity contribution in [3.05, 3.63) is 63.5 Å². The number of anilines is 1. The highest BCUT2D eigenvalue weighted by Crippen LogP contribution is 2.44. The van der Waals surface area contributed by atoms with Crippen molar-refractivity contribution in [3.8, 4) is 0 Å². The van der Waals surface area contributed by atoms with Crippen LogP contribution < -0.4 is 5.32 Å². The first-order chi connectivity index (χ1) is 13.5. The summed E-state index contributed by atoms with van der Waals surface area (Å²) in [6.07, 6.45) is 1.90. The van der Waals surface area contributed by atoms with Gasteiger partial charge in [-0.15, -0.1) is 11.3 Å². The van der Waals surface area contributed by atoms with Crippen LogP contribution in [0.3, 0.4) is 0 Å². The molecule has 1 N–H and O–H groups in total. The predicted octanol–water partition coefficient (Wildman–Crippen LogP) is 4.85. The summed E-state index contributed by atoms with van der Waals surface area (Å²) in [6, 6.07) is 6.78. The van der Waals surface area contributed by atoms with E-state index in [0.717, 1.165) is 29.1 Å². The molecule has 2 heterocycles. The predicted molar refractivity (Wildman–Crippen MR) is 105 cm³/mol. The number of rotatable bonds is 3. The Morgan fingerprint density at radius 2 is 2.07 bits per heavy atom. The minimum atomic E-state index is -0.847. The number of ketones is 1. The van der Waals surface area contributed by atoms with Crippen LogP contribution in [0.1, 0.15) is 37.0 Å². The van der Waals surface area contributed by atoms with Crippen molar-refractivity contribution in [1.82, 2.24) is 0 Å². The van der Waals surface area contributed by atoms with E-state index in [1.54, 1.807) is 6.92 Å². The number of carbonyl (C=O) groups is 2. The number of hydrogen-bond donors (Lipinski definition) is 1. The topological polar surface area (TPSA) is 58.5 Å². The van der Waals surface area contributed by atoms with Gasteiger partial charge in [-0.1, -0.05) is 6.07 Å². The zero-order valence-electron chi connectivity index (χ0n) is 15.2. The lowest BCUT2D eigenvalue weighted by Crippen LogP contribution is -2.39. The standard InChI is InChI=1S/C21H18F2N2O2S/c1-11-18(21(27)25-14-8-7-12(22)10-13(14)23)20(17-6-3-9-28-17)19-15(24-11)4-2-5-16(19)26/h3,6-10,18,20H,2,4-5H2,1H3,(H,25,27). The van der Waals surface area contributed by atoms with E-state index < -0.39 is 29.4 Å². The van der Waals surface area contributed by atoms with Gasteiger partial charge in [-0.05, 0) is 43.3 Å². The SMILES string of the molecule is CC1=NC2=C(C(=O)CCC2)C(c2cccs2)C1C(=O)Nc1ccc(F)cc1F. The van der Waals surface area contributed by atoms with Gasteiger partial charge >= 0.3 is 0 Å². The molecule has 1 amide bonds. The lowest BCUT2D eigenvalue weighted by Gasteiger charge is -2.34. The molecule has 4 nitrogen and oxygen atoms in total. The van der Waals surface area contributed by atoms with Crippen LogP contribution in [0.4, 0.5) is 14.5 Å². The molecule has 0 radical (unpaired) electrons. The summed E-state index contributed by atoms with van der Waals surface area (Å²) in [5.41, 5.74) is 1.84. The first-order valence-electron chi connectivity index (χ1n) is 9.06. The molecule has 1 aromatic carbocycles. The molecule has 7 heteroatoms. The molecular formula is C21H18F2N2O2S. The Balaban J connectivity index is 1.74. The summed E-state index contributed by atoms with van der Waals surface area (Å²) in [4.78, 5) is 31.3. The number of thiophene rings is 1. The van der Waals surface area contributed by atoms with E-state index in [-0.39, 0.29) is 11.5 Å². The van der Waals surface area contributed by atoms with Crippen molar-refractivity contribution >= 4 is 34.4 Å². The van der Waals surface area contributed by atoms with Gasteiger partial charge in [0.25, 0.3) is 0 Å². The molecule has 2 atom stereocenters. The second-order valence-corrected chi connectivity index (χ2v) is 7.95. The van der Waals surface area contributed by atoms with E-state index in [2.05, 4.69) is 10.3 Å². The molecule has 4 rings (SSSR count). The van der Waals surface area contributed by atoms with Crippen molar-refractivity contribution in [1.29, 1.82) is 0 Å². The summed E-state index contributed by atoms with van der Waals surface area (Å²) in [5, 5.41) is 4.45. The summed E-state index contributed by atoms with van der Waals surface area (Å²) < 4.78 is 27.2. The van der Waals surface area contributed by atoms with Crippen molar-refractivity contribution < 1.29 is 18.4 Å². The fraction of sp³-hybridized carbons (Fsp3) is 0.286. The van der Waals surface area contributed by atoms with Crippen LogP contribution >= 0.6 is 11.3 Å². The fourth-order valence-electron chi connectivity index (χ4n) is 3.92. The Labute approximate surface area is 165 Å². The number of aliphatic imine (C=N–C) groups is 1. The van der Waals surface area contributed by atoms with Gasteiger partial charge in [0.15, 0.2) is 5.78 Å². The van der Waals surface area contributed by atoms with Gasteiger partial charge in [0.2, 0.25) is 5.91 Å². The number of carbonyl (C=O) groups excluding carboxylic acids is 2. The summed E-state index contributed by atoms with van der Waals surface area (Å²) >= 11 is 1.48. The van der Waals surface area contributed by atoms with E-state index in [9.17, 15) is 18.4 Å². The molecule has 2 aromatic rings. The Bertz CT molecular complexity index is 1010. The lowest BCUT2D eigenvalue weighted by atomic mass is 9.74. The maximum absolute atomic E-state index is 14.0. The summed E-state index contributed by atoms with van der Waals surface area (Å²) in [6.45, 7) is 1.76. The Kier molecular flexibility index (Phi) is 4.93. The van der Waals surface area contributed by atoms with Crippen molar-refractivity contribution in [2.45, 2.75) is 32.1 Å². The number of amides is 1. The number of nitrogens with zero attached hydrogens (tertiary/aromatic N) is 1. The second-order valence-electron chi connectivity index (χ2n) is 6.97. The molecule has 144 valence electrons. The van der Waals surface area contributed by atoms with Gasteiger partial charge in [-0.3, -0.25) is 14.6 Å². The van der Waals surface area contributed by atoms with Gasteiger partial charge < -0.3 is 5.32 Å². The number of allylic oxidation sites excluding steroid dienone is 2. The van der Waals surface area contributed by atoms with Gasteiger partial charge in [-0.25, -0.2) is 8.78 Å². The van der Waals surface area contributed by atoms with Crippen LogP contribution in [0.5, 0.6) is 0 Å². The Morgan fingerprint density at radius 3 is 2.79 bits per heavy atom. The number of hydrogen-bond acceptors (Lipinski definition) is 4. The minimum absolute atomic E-state index is 0.0154. The highest BCUT2D eigenvalue weighted by atomic mass is 32.1. The van der Waals surface area contributed by atoms with Crippen LogP contribution in [0.25, 0.3) is 0 Å². The molecule has 2 aliphatic rings. The third-order valence-electron chi connectivity index (χ3n) is 5.16. The quantitative estimate of drug-likeness (QED) is 0.801. The number of benzene rings is 1. The molecule has 1 aliphatic carbocycles. The van der Waals surface area contributed by atoms with Crippen LogP contribution in [0, 0.1) is 17.6 Å². The molecule has 0 fully saturated rings. The summed E-state index contributed by atoms with van der Waals surface area (Å²) in [7, 11) is 0. The van der Waals surface area contributed by atoms with E-state index >= 15 is 0 Å². The smallest absolute Gasteiger partial charge is 0.234 e. The zero-order chi connectivity index (χ0) is 19.8. The zero-order valence-corrected chi connectivity index (χ0v) is 16.0. The molecular weight excluding hydrogens is 382 g/mol. The number of halogens is 2. The third-order valence-corrected chi connectivity index (χ3v) is 6.11. The van der Waals surface area contributed by atoms with Gasteiger partial charge in [0.05, 0.1) is 11.6 Å². The monoisotopic (exact) mass is 400 g/mol. The fourth-order valence-corrected chi connectivity index (χ4v) is 4.80. The lowest BCUT2D eigenvalue weighted by molar-refractivity contribution is -0.119. The van der Waals surface area contributed by atoms with Crippen molar-refractivity contribution in [3.63, 3.8) is 0 Å². The Morgan fingerprint density at radius 1 is 1.25 bits per heavy atom. The van der Waals surface area contributed by atoms with E-state index in [0.29, 0.717) is 24.1 Å². The van der Waals surface area contributed by atoms with Gasteiger partial charge in [-0.2, -0.15) is 0 Å². The largest absolute Gasteiger partial charge is 0.323 e. The normalized spacial score (nSPS) is 22.0. The first-order valence-corrected chi connectivity index (χ1v) is 9.94. The molecule has 0 spiro atoms. The molecule has 28 heavy (non-hydrogen) atoms. The molecule has 0 saturated carbocycles. The van der Waals surface area contributed by atoms with Gasteiger partial charge in [0, 0.05) is 40.3 Å². The first kappa shape index (κ1) is 18.7. The molecule has 0 bridgehead atoms. The average Bonchev–Trinajstić information content (AvgIpc) is 3.17. The maximum atomic E-state index is 14.0. The summed E-state index contributed by atoms with van der Waals surface area (Å²) in [5.74, 6) is -3.19.